The lowest BCUT2D eigenvalue weighted by Gasteiger charge is -2.33. The van der Waals surface area contributed by atoms with E-state index in [1.807, 2.05) is 24.0 Å². The van der Waals surface area contributed by atoms with E-state index in [-0.39, 0.29) is 17.9 Å². The molecule has 0 spiro atoms. The summed E-state index contributed by atoms with van der Waals surface area (Å²) >= 11 is 0. The summed E-state index contributed by atoms with van der Waals surface area (Å²) in [4.78, 5) is 39.6. The van der Waals surface area contributed by atoms with Crippen molar-refractivity contribution in [2.45, 2.75) is 25.8 Å². The van der Waals surface area contributed by atoms with Gasteiger partial charge in [0.15, 0.2) is 0 Å². The van der Waals surface area contributed by atoms with Gasteiger partial charge < -0.3 is 10.2 Å². The Morgan fingerprint density at radius 2 is 2.00 bits per heavy atom. The van der Waals surface area contributed by atoms with Gasteiger partial charge in [-0.25, -0.2) is 9.67 Å². The zero-order valence-electron chi connectivity index (χ0n) is 16.2. The number of nitrogens with zero attached hydrogens (tertiary/aromatic N) is 6. The third kappa shape index (κ3) is 4.08. The molecule has 0 aliphatic carbocycles. The smallest absolute Gasteiger partial charge is 0.253 e. The van der Waals surface area contributed by atoms with Gasteiger partial charge in [0.2, 0.25) is 5.91 Å². The van der Waals surface area contributed by atoms with Crippen LogP contribution in [0, 0.1) is 5.92 Å². The molecular weight excluding hydrogens is 370 g/mol. The summed E-state index contributed by atoms with van der Waals surface area (Å²) in [5, 5.41) is 7.06. The van der Waals surface area contributed by atoms with E-state index in [1.165, 1.54) is 6.33 Å². The highest BCUT2D eigenvalue weighted by Crippen LogP contribution is 2.20. The minimum atomic E-state index is -0.360. The second-order valence-electron chi connectivity index (χ2n) is 7.26. The van der Waals surface area contributed by atoms with Crippen molar-refractivity contribution in [3.8, 4) is 0 Å². The lowest BCUT2D eigenvalue weighted by Crippen LogP contribution is -2.44. The molecule has 2 amide bonds. The summed E-state index contributed by atoms with van der Waals surface area (Å²) < 4.78 is 1.57. The zero-order valence-corrected chi connectivity index (χ0v) is 16.2. The molecule has 1 atom stereocenters. The summed E-state index contributed by atoms with van der Waals surface area (Å²) in [5.74, 6) is 0.243. The summed E-state index contributed by atoms with van der Waals surface area (Å²) in [6, 6.07) is 5.05. The highest BCUT2D eigenvalue weighted by atomic mass is 16.2. The first-order valence-electron chi connectivity index (χ1n) is 9.74. The van der Waals surface area contributed by atoms with E-state index < -0.39 is 0 Å². The van der Waals surface area contributed by atoms with Crippen LogP contribution in [-0.4, -0.2) is 61.1 Å². The first-order valence-corrected chi connectivity index (χ1v) is 9.74. The topological polar surface area (TPSA) is 106 Å². The Labute approximate surface area is 168 Å². The number of benzene rings is 1. The number of para-hydroxylation sites is 1. The van der Waals surface area contributed by atoms with Gasteiger partial charge in [-0.2, -0.15) is 5.10 Å². The molecule has 1 aliphatic rings. The first-order chi connectivity index (χ1) is 14.1. The van der Waals surface area contributed by atoms with Crippen LogP contribution in [0.15, 0.2) is 43.2 Å². The van der Waals surface area contributed by atoms with Gasteiger partial charge >= 0.3 is 0 Å². The zero-order chi connectivity index (χ0) is 20.2. The minimum absolute atomic E-state index is 0.0484. The number of piperidine rings is 1. The molecule has 0 bridgehead atoms. The van der Waals surface area contributed by atoms with E-state index in [1.54, 1.807) is 29.5 Å². The second kappa shape index (κ2) is 8.34. The summed E-state index contributed by atoms with van der Waals surface area (Å²) in [5.41, 5.74) is 1.84. The average Bonchev–Trinajstić information content (AvgIpc) is 3.31. The number of hydrogen-bond acceptors (Lipinski definition) is 6. The molecule has 1 aromatic carbocycles. The van der Waals surface area contributed by atoms with Gasteiger partial charge in [0, 0.05) is 32.0 Å². The van der Waals surface area contributed by atoms with Crippen molar-refractivity contribution in [3.05, 3.63) is 48.8 Å². The quantitative estimate of drug-likeness (QED) is 0.703. The van der Waals surface area contributed by atoms with Gasteiger partial charge in [0.05, 0.1) is 11.1 Å². The van der Waals surface area contributed by atoms with Crippen molar-refractivity contribution in [1.82, 2.24) is 34.9 Å². The molecule has 150 valence electrons. The van der Waals surface area contributed by atoms with Crippen molar-refractivity contribution in [1.29, 1.82) is 0 Å². The molecule has 3 aromatic rings. The van der Waals surface area contributed by atoms with Gasteiger partial charge in [0.1, 0.15) is 24.2 Å². The number of nitrogens with one attached hydrogen (secondary N) is 1. The van der Waals surface area contributed by atoms with Gasteiger partial charge in [-0.1, -0.05) is 6.07 Å². The average molecular weight is 393 g/mol. The van der Waals surface area contributed by atoms with E-state index in [0.717, 1.165) is 12.8 Å². The Morgan fingerprint density at radius 3 is 2.76 bits per heavy atom. The van der Waals surface area contributed by atoms with E-state index in [2.05, 4.69) is 25.4 Å². The van der Waals surface area contributed by atoms with Crippen molar-refractivity contribution >= 4 is 22.8 Å². The number of fused-ring (bicyclic) bond motifs is 1. The fraction of sp³-hybridized carbons (Fsp3) is 0.400. The Hall–Kier alpha value is -3.36. The standard InChI is InChI=1S/C20H23N7O2/c1-14(27-13-21-12-25-27)20(29)26-9-5-15(6-10-26)11-24-19(28)16-3-2-4-17-18(16)23-8-7-22-17/h2-4,7-8,12-15H,5-6,9-11H2,1H3,(H,24,28). The van der Waals surface area contributed by atoms with E-state index in [9.17, 15) is 9.59 Å². The maximum absolute atomic E-state index is 12.6. The lowest BCUT2D eigenvalue weighted by atomic mass is 9.96. The van der Waals surface area contributed by atoms with Crippen molar-refractivity contribution in [2.75, 3.05) is 19.6 Å². The predicted molar refractivity (Wildman–Crippen MR) is 106 cm³/mol. The fourth-order valence-corrected chi connectivity index (χ4v) is 3.66. The molecule has 1 unspecified atom stereocenters. The molecule has 9 nitrogen and oxygen atoms in total. The molecular formula is C20H23N7O2. The molecule has 1 saturated heterocycles. The third-order valence-electron chi connectivity index (χ3n) is 5.41. The number of hydrogen-bond donors (Lipinski definition) is 1. The van der Waals surface area contributed by atoms with Crippen LogP contribution in [0.2, 0.25) is 0 Å². The number of carbonyl (C=O) groups excluding carboxylic acids is 2. The van der Waals surface area contributed by atoms with E-state index in [4.69, 9.17) is 0 Å². The Kier molecular flexibility index (Phi) is 5.46. The molecule has 1 fully saturated rings. The molecule has 1 aliphatic heterocycles. The maximum atomic E-state index is 12.6. The first kappa shape index (κ1) is 19.0. The highest BCUT2D eigenvalue weighted by molar-refractivity contribution is 6.04. The van der Waals surface area contributed by atoms with Crippen LogP contribution in [0.4, 0.5) is 0 Å². The Morgan fingerprint density at radius 1 is 1.21 bits per heavy atom. The van der Waals surface area contributed by atoms with E-state index in [0.29, 0.717) is 42.1 Å². The molecule has 1 N–H and O–H groups in total. The SMILES string of the molecule is CC(C(=O)N1CCC(CNC(=O)c2cccc3nccnc23)CC1)n1cncn1. The normalized spacial score (nSPS) is 16.0. The van der Waals surface area contributed by atoms with E-state index >= 15 is 0 Å². The molecule has 29 heavy (non-hydrogen) atoms. The van der Waals surface area contributed by atoms with Crippen LogP contribution in [0.1, 0.15) is 36.2 Å². The van der Waals surface area contributed by atoms with Gasteiger partial charge in [-0.3, -0.25) is 19.6 Å². The van der Waals surface area contributed by atoms with Crippen LogP contribution < -0.4 is 5.32 Å². The maximum Gasteiger partial charge on any atom is 0.253 e. The van der Waals surface area contributed by atoms with Gasteiger partial charge in [0.25, 0.3) is 5.91 Å². The monoisotopic (exact) mass is 393 g/mol. The van der Waals surface area contributed by atoms with Crippen LogP contribution >= 0.6 is 0 Å². The number of carbonyl (C=O) groups is 2. The summed E-state index contributed by atoms with van der Waals surface area (Å²) in [7, 11) is 0. The van der Waals surface area contributed by atoms with Crippen LogP contribution in [-0.2, 0) is 4.79 Å². The molecule has 0 saturated carbocycles. The molecule has 0 radical (unpaired) electrons. The number of likely N-dealkylation sites (tertiary alicyclic amines) is 1. The van der Waals surface area contributed by atoms with Gasteiger partial charge in [-0.15, -0.1) is 0 Å². The fourth-order valence-electron chi connectivity index (χ4n) is 3.66. The van der Waals surface area contributed by atoms with Crippen molar-refractivity contribution < 1.29 is 9.59 Å². The molecule has 2 aromatic heterocycles. The lowest BCUT2D eigenvalue weighted by molar-refractivity contribution is -0.136. The predicted octanol–water partition coefficient (Wildman–Crippen LogP) is 1.45. The van der Waals surface area contributed by atoms with Gasteiger partial charge in [-0.05, 0) is 37.8 Å². The minimum Gasteiger partial charge on any atom is -0.352 e. The Bertz CT molecular complexity index is 992. The highest BCUT2D eigenvalue weighted by Gasteiger charge is 2.27. The molecule has 9 heteroatoms. The molecule has 3 heterocycles. The summed E-state index contributed by atoms with van der Waals surface area (Å²) in [6.07, 6.45) is 7.90. The van der Waals surface area contributed by atoms with Crippen molar-refractivity contribution in [3.63, 3.8) is 0 Å². The van der Waals surface area contributed by atoms with Crippen LogP contribution in [0.3, 0.4) is 0 Å². The number of rotatable bonds is 5. The van der Waals surface area contributed by atoms with Crippen LogP contribution in [0.25, 0.3) is 11.0 Å². The second-order valence-corrected chi connectivity index (χ2v) is 7.26. The van der Waals surface area contributed by atoms with Crippen molar-refractivity contribution in [2.24, 2.45) is 5.92 Å². The number of amides is 2. The summed E-state index contributed by atoms with van der Waals surface area (Å²) in [6.45, 7) is 3.77. The third-order valence-corrected chi connectivity index (χ3v) is 5.41. The molecule has 4 rings (SSSR count). The number of aromatic nitrogens is 5. The largest absolute Gasteiger partial charge is 0.352 e. The Balaban J connectivity index is 1.30. The van der Waals surface area contributed by atoms with Crippen LogP contribution in [0.5, 0.6) is 0 Å².